The molecule has 0 saturated carbocycles. The topological polar surface area (TPSA) is 24.5 Å². The molecule has 1 aromatic rings. The van der Waals surface area contributed by atoms with Crippen LogP contribution in [0.15, 0.2) is 18.2 Å². The molecule has 1 saturated heterocycles. The Balaban J connectivity index is 1.59. The van der Waals surface area contributed by atoms with Crippen LogP contribution >= 0.6 is 0 Å². The van der Waals surface area contributed by atoms with Crippen LogP contribution in [0.3, 0.4) is 0 Å². The maximum absolute atomic E-state index is 5.45. The highest BCUT2D eigenvalue weighted by atomic mass is 16.5. The first-order valence-electron chi connectivity index (χ1n) is 6.96. The summed E-state index contributed by atoms with van der Waals surface area (Å²) in [5.74, 6) is 0. The summed E-state index contributed by atoms with van der Waals surface area (Å²) in [5, 5.41) is 3.58. The third-order valence-electron chi connectivity index (χ3n) is 4.18. The van der Waals surface area contributed by atoms with Crippen LogP contribution in [0.2, 0.25) is 0 Å². The van der Waals surface area contributed by atoms with Crippen molar-refractivity contribution in [3.05, 3.63) is 29.3 Å². The standard InChI is InChI=1S/C15H22N2O/c1-17-7-3-2-4-15(17)9-16-14-6-5-12-10-18-11-13(12)8-14/h5-6,8,15-16H,2-4,7,9-11H2,1H3. The monoisotopic (exact) mass is 246 g/mol. The number of likely N-dealkylation sites (N-methyl/N-ethyl adjacent to an activating group) is 1. The Kier molecular flexibility index (Phi) is 3.52. The lowest BCUT2D eigenvalue weighted by Gasteiger charge is -2.32. The number of piperidine rings is 1. The Hall–Kier alpha value is -1.06. The lowest BCUT2D eigenvalue weighted by Crippen LogP contribution is -2.40. The number of hydrogen-bond acceptors (Lipinski definition) is 3. The molecule has 0 radical (unpaired) electrons. The Morgan fingerprint density at radius 1 is 1.28 bits per heavy atom. The molecule has 1 aromatic carbocycles. The van der Waals surface area contributed by atoms with Crippen LogP contribution in [0.1, 0.15) is 30.4 Å². The second-order valence-electron chi connectivity index (χ2n) is 5.49. The Bertz CT molecular complexity index is 419. The van der Waals surface area contributed by atoms with Crippen molar-refractivity contribution >= 4 is 5.69 Å². The molecule has 2 aliphatic rings. The van der Waals surface area contributed by atoms with Crippen molar-refractivity contribution in [2.75, 3.05) is 25.5 Å². The zero-order valence-corrected chi connectivity index (χ0v) is 11.1. The minimum atomic E-state index is 0.684. The van der Waals surface area contributed by atoms with Crippen LogP contribution in [0.5, 0.6) is 0 Å². The van der Waals surface area contributed by atoms with Crippen LogP contribution < -0.4 is 5.32 Å². The molecular formula is C15H22N2O. The first-order valence-corrected chi connectivity index (χ1v) is 6.96. The van der Waals surface area contributed by atoms with E-state index in [1.165, 1.54) is 42.6 Å². The van der Waals surface area contributed by atoms with E-state index in [4.69, 9.17) is 4.74 Å². The fourth-order valence-corrected chi connectivity index (χ4v) is 2.92. The number of fused-ring (bicyclic) bond motifs is 1. The highest BCUT2D eigenvalue weighted by molar-refractivity contribution is 5.49. The van der Waals surface area contributed by atoms with Crippen molar-refractivity contribution in [3.63, 3.8) is 0 Å². The molecule has 3 rings (SSSR count). The molecule has 2 heterocycles. The van der Waals surface area contributed by atoms with E-state index in [1.807, 2.05) is 0 Å². The fraction of sp³-hybridized carbons (Fsp3) is 0.600. The van der Waals surface area contributed by atoms with Gasteiger partial charge in [0.15, 0.2) is 0 Å². The van der Waals surface area contributed by atoms with E-state index in [0.29, 0.717) is 6.04 Å². The van der Waals surface area contributed by atoms with Gasteiger partial charge in [0.25, 0.3) is 0 Å². The molecule has 1 unspecified atom stereocenters. The summed E-state index contributed by atoms with van der Waals surface area (Å²) in [6, 6.07) is 7.29. The Labute approximate surface area is 109 Å². The van der Waals surface area contributed by atoms with E-state index in [9.17, 15) is 0 Å². The molecule has 0 bridgehead atoms. The van der Waals surface area contributed by atoms with E-state index < -0.39 is 0 Å². The van der Waals surface area contributed by atoms with Gasteiger partial charge in [-0.2, -0.15) is 0 Å². The normalized spacial score (nSPS) is 23.9. The summed E-state index contributed by atoms with van der Waals surface area (Å²) >= 11 is 0. The van der Waals surface area contributed by atoms with Gasteiger partial charge in [0.2, 0.25) is 0 Å². The first kappa shape index (κ1) is 12.0. The van der Waals surface area contributed by atoms with Gasteiger partial charge in [0.05, 0.1) is 13.2 Å². The second-order valence-corrected chi connectivity index (χ2v) is 5.49. The first-order chi connectivity index (χ1) is 8.83. The van der Waals surface area contributed by atoms with E-state index in [0.717, 1.165) is 19.8 Å². The molecule has 0 aromatic heterocycles. The number of likely N-dealkylation sites (tertiary alicyclic amines) is 1. The van der Waals surface area contributed by atoms with Gasteiger partial charge in [-0.15, -0.1) is 0 Å². The molecule has 18 heavy (non-hydrogen) atoms. The van der Waals surface area contributed by atoms with Crippen molar-refractivity contribution in [1.29, 1.82) is 0 Å². The molecule has 3 heteroatoms. The number of benzene rings is 1. The summed E-state index contributed by atoms with van der Waals surface area (Å²) in [6.45, 7) is 3.84. The predicted octanol–water partition coefficient (Wildman–Crippen LogP) is 2.61. The molecule has 0 amide bonds. The second kappa shape index (κ2) is 5.29. The molecule has 0 aliphatic carbocycles. The van der Waals surface area contributed by atoms with Gasteiger partial charge < -0.3 is 15.0 Å². The van der Waals surface area contributed by atoms with Crippen molar-refractivity contribution in [1.82, 2.24) is 4.90 Å². The molecule has 2 aliphatic heterocycles. The molecule has 0 spiro atoms. The zero-order valence-electron chi connectivity index (χ0n) is 11.1. The van der Waals surface area contributed by atoms with Crippen LogP contribution in [0, 0.1) is 0 Å². The Morgan fingerprint density at radius 2 is 2.17 bits per heavy atom. The van der Waals surface area contributed by atoms with Crippen molar-refractivity contribution < 1.29 is 4.74 Å². The van der Waals surface area contributed by atoms with Gasteiger partial charge >= 0.3 is 0 Å². The van der Waals surface area contributed by atoms with Crippen molar-refractivity contribution in [2.45, 2.75) is 38.5 Å². The van der Waals surface area contributed by atoms with Crippen LogP contribution in [0.4, 0.5) is 5.69 Å². The fourth-order valence-electron chi connectivity index (χ4n) is 2.92. The van der Waals surface area contributed by atoms with Gasteiger partial charge in [-0.05, 0) is 49.7 Å². The largest absolute Gasteiger partial charge is 0.383 e. The maximum Gasteiger partial charge on any atom is 0.0725 e. The number of ether oxygens (including phenoxy) is 1. The average molecular weight is 246 g/mol. The number of nitrogens with one attached hydrogen (secondary N) is 1. The Morgan fingerprint density at radius 3 is 3.06 bits per heavy atom. The van der Waals surface area contributed by atoms with Crippen molar-refractivity contribution in [2.24, 2.45) is 0 Å². The number of hydrogen-bond donors (Lipinski definition) is 1. The van der Waals surface area contributed by atoms with Gasteiger partial charge in [-0.1, -0.05) is 12.5 Å². The highest BCUT2D eigenvalue weighted by Gasteiger charge is 2.18. The number of nitrogens with zero attached hydrogens (tertiary/aromatic N) is 1. The third kappa shape index (κ3) is 2.52. The predicted molar refractivity (Wildman–Crippen MR) is 73.7 cm³/mol. The quantitative estimate of drug-likeness (QED) is 0.887. The minimum absolute atomic E-state index is 0.684. The van der Waals surface area contributed by atoms with E-state index in [2.05, 4.69) is 35.5 Å². The summed E-state index contributed by atoms with van der Waals surface area (Å²) in [5.41, 5.74) is 3.92. The lowest BCUT2D eigenvalue weighted by molar-refractivity contribution is 0.134. The van der Waals surface area contributed by atoms with E-state index in [1.54, 1.807) is 0 Å². The molecule has 1 fully saturated rings. The van der Waals surface area contributed by atoms with Gasteiger partial charge in [0.1, 0.15) is 0 Å². The van der Waals surface area contributed by atoms with E-state index >= 15 is 0 Å². The van der Waals surface area contributed by atoms with Crippen LogP contribution in [0.25, 0.3) is 0 Å². The minimum Gasteiger partial charge on any atom is -0.383 e. The summed E-state index contributed by atoms with van der Waals surface area (Å²) < 4.78 is 5.45. The molecule has 1 N–H and O–H groups in total. The lowest BCUT2D eigenvalue weighted by atomic mass is 10.0. The van der Waals surface area contributed by atoms with Crippen LogP contribution in [-0.4, -0.2) is 31.1 Å². The van der Waals surface area contributed by atoms with E-state index in [-0.39, 0.29) is 0 Å². The van der Waals surface area contributed by atoms with Gasteiger partial charge in [-0.3, -0.25) is 0 Å². The molecular weight excluding hydrogens is 224 g/mol. The summed E-state index contributed by atoms with van der Waals surface area (Å²) in [7, 11) is 2.24. The van der Waals surface area contributed by atoms with Gasteiger partial charge in [-0.25, -0.2) is 0 Å². The molecule has 3 nitrogen and oxygen atoms in total. The summed E-state index contributed by atoms with van der Waals surface area (Å²) in [6.07, 6.45) is 4.04. The molecule has 1 atom stereocenters. The average Bonchev–Trinajstić information content (AvgIpc) is 2.85. The summed E-state index contributed by atoms with van der Waals surface area (Å²) in [4.78, 5) is 2.48. The SMILES string of the molecule is CN1CCCCC1CNc1ccc2c(c1)COC2. The van der Waals surface area contributed by atoms with Gasteiger partial charge in [0, 0.05) is 18.3 Å². The molecule has 98 valence electrons. The van der Waals surface area contributed by atoms with Crippen molar-refractivity contribution in [3.8, 4) is 0 Å². The third-order valence-corrected chi connectivity index (χ3v) is 4.18. The highest BCUT2D eigenvalue weighted by Crippen LogP contribution is 2.23. The smallest absolute Gasteiger partial charge is 0.0725 e. The number of anilines is 1. The number of rotatable bonds is 3. The maximum atomic E-state index is 5.45. The zero-order chi connectivity index (χ0) is 12.4. The van der Waals surface area contributed by atoms with Crippen LogP contribution in [-0.2, 0) is 18.0 Å².